The topological polar surface area (TPSA) is 26.3 Å². The number of hydrogen-bond donors (Lipinski definition) is 0. The summed E-state index contributed by atoms with van der Waals surface area (Å²) in [6, 6.07) is 10.6. The fraction of sp³-hybridized carbons (Fsp3) is 0.533. The molecule has 1 aromatic carbocycles. The molecule has 1 aromatic rings. The van der Waals surface area contributed by atoms with Gasteiger partial charge in [-0.05, 0) is 37.2 Å². The van der Waals surface area contributed by atoms with Gasteiger partial charge in [0.15, 0.2) is 0 Å². The number of rotatable bonds is 3. The Hall–Kier alpha value is -1.31. The average Bonchev–Trinajstić information content (AvgIpc) is 2.40. The number of carbonyl (C=O) groups excluding carboxylic acids is 1. The summed E-state index contributed by atoms with van der Waals surface area (Å²) in [6.45, 7) is 1.85. The zero-order valence-electron chi connectivity index (χ0n) is 10.4. The van der Waals surface area contributed by atoms with Gasteiger partial charge in [-0.25, -0.2) is 0 Å². The maximum absolute atomic E-state index is 11.2. The predicted molar refractivity (Wildman–Crippen MR) is 67.8 cm³/mol. The fourth-order valence-electron chi connectivity index (χ4n) is 2.51. The van der Waals surface area contributed by atoms with Gasteiger partial charge in [-0.3, -0.25) is 4.79 Å². The third-order valence-corrected chi connectivity index (χ3v) is 3.53. The van der Waals surface area contributed by atoms with E-state index in [1.165, 1.54) is 5.56 Å². The van der Waals surface area contributed by atoms with Crippen molar-refractivity contribution in [3.8, 4) is 0 Å². The Morgan fingerprint density at radius 1 is 1.18 bits per heavy atom. The molecule has 0 bridgehead atoms. The van der Waals surface area contributed by atoms with Crippen LogP contribution >= 0.6 is 0 Å². The molecule has 0 aromatic heterocycles. The second-order valence-electron chi connectivity index (χ2n) is 4.73. The predicted octanol–water partition coefficient (Wildman–Crippen LogP) is 3.67. The van der Waals surface area contributed by atoms with E-state index in [0.717, 1.165) is 25.7 Å². The quantitative estimate of drug-likeness (QED) is 0.743. The van der Waals surface area contributed by atoms with Gasteiger partial charge in [0.25, 0.3) is 0 Å². The van der Waals surface area contributed by atoms with Crippen molar-refractivity contribution in [1.29, 1.82) is 0 Å². The summed E-state index contributed by atoms with van der Waals surface area (Å²) < 4.78 is 5.39. The Bertz CT molecular complexity index is 350. The zero-order valence-corrected chi connectivity index (χ0v) is 10.4. The average molecular weight is 232 g/mol. The molecule has 1 aliphatic carbocycles. The van der Waals surface area contributed by atoms with E-state index >= 15 is 0 Å². The van der Waals surface area contributed by atoms with Gasteiger partial charge in [-0.2, -0.15) is 0 Å². The minimum absolute atomic E-state index is 0.0619. The van der Waals surface area contributed by atoms with Crippen molar-refractivity contribution in [3.63, 3.8) is 0 Å². The molecule has 2 nitrogen and oxygen atoms in total. The van der Waals surface area contributed by atoms with Crippen LogP contribution in [0.3, 0.4) is 0 Å². The molecule has 0 heterocycles. The van der Waals surface area contributed by atoms with Gasteiger partial charge < -0.3 is 4.74 Å². The van der Waals surface area contributed by atoms with E-state index in [0.29, 0.717) is 12.3 Å². The molecule has 2 heteroatoms. The van der Waals surface area contributed by atoms with E-state index in [2.05, 4.69) is 30.3 Å². The van der Waals surface area contributed by atoms with E-state index in [9.17, 15) is 4.79 Å². The van der Waals surface area contributed by atoms with Crippen LogP contribution in [0.2, 0.25) is 0 Å². The standard InChI is InChI=1S/C15H20O2/c1-2-15(16)17-14-10-8-13(9-11-14)12-6-4-3-5-7-12/h3-7,13-14H,2,8-11H2,1H3. The van der Waals surface area contributed by atoms with Crippen molar-refractivity contribution in [1.82, 2.24) is 0 Å². The van der Waals surface area contributed by atoms with Gasteiger partial charge in [0.05, 0.1) is 0 Å². The van der Waals surface area contributed by atoms with Crippen LogP contribution in [0.5, 0.6) is 0 Å². The summed E-state index contributed by atoms with van der Waals surface area (Å²) in [6.07, 6.45) is 4.91. The van der Waals surface area contributed by atoms with E-state index < -0.39 is 0 Å². The lowest BCUT2D eigenvalue weighted by Crippen LogP contribution is -2.23. The highest BCUT2D eigenvalue weighted by Crippen LogP contribution is 2.33. The first kappa shape index (κ1) is 12.2. The van der Waals surface area contributed by atoms with E-state index in [4.69, 9.17) is 4.74 Å². The molecule has 0 amide bonds. The van der Waals surface area contributed by atoms with Gasteiger partial charge in [-0.1, -0.05) is 37.3 Å². The Morgan fingerprint density at radius 2 is 1.82 bits per heavy atom. The number of carbonyl (C=O) groups is 1. The second kappa shape index (κ2) is 5.85. The Labute approximate surface area is 103 Å². The van der Waals surface area contributed by atoms with Crippen molar-refractivity contribution in [2.45, 2.75) is 51.0 Å². The highest BCUT2D eigenvalue weighted by atomic mass is 16.5. The van der Waals surface area contributed by atoms with Crippen LogP contribution in [0.4, 0.5) is 0 Å². The molecule has 0 spiro atoms. The maximum atomic E-state index is 11.2. The number of esters is 1. The normalized spacial score (nSPS) is 24.3. The Kier molecular flexibility index (Phi) is 4.18. The monoisotopic (exact) mass is 232 g/mol. The highest BCUT2D eigenvalue weighted by molar-refractivity contribution is 5.69. The summed E-state index contributed by atoms with van der Waals surface area (Å²) >= 11 is 0. The Morgan fingerprint density at radius 3 is 2.41 bits per heavy atom. The Balaban J connectivity index is 1.84. The lowest BCUT2D eigenvalue weighted by molar-refractivity contribution is -0.150. The van der Waals surface area contributed by atoms with Gasteiger partial charge in [-0.15, -0.1) is 0 Å². The summed E-state index contributed by atoms with van der Waals surface area (Å²) in [4.78, 5) is 11.2. The van der Waals surface area contributed by atoms with Crippen molar-refractivity contribution in [2.75, 3.05) is 0 Å². The van der Waals surface area contributed by atoms with Gasteiger partial charge >= 0.3 is 5.97 Å². The number of benzene rings is 1. The van der Waals surface area contributed by atoms with E-state index in [1.807, 2.05) is 6.92 Å². The van der Waals surface area contributed by atoms with Crippen LogP contribution in [0.15, 0.2) is 30.3 Å². The van der Waals surface area contributed by atoms with Gasteiger partial charge in [0.2, 0.25) is 0 Å². The third-order valence-electron chi connectivity index (χ3n) is 3.53. The first-order chi connectivity index (χ1) is 8.29. The first-order valence-electron chi connectivity index (χ1n) is 6.54. The molecule has 0 N–H and O–H groups in total. The molecule has 0 unspecified atom stereocenters. The molecule has 17 heavy (non-hydrogen) atoms. The van der Waals surface area contributed by atoms with Crippen LogP contribution in [-0.2, 0) is 9.53 Å². The molecule has 0 aliphatic heterocycles. The second-order valence-corrected chi connectivity index (χ2v) is 4.73. The lowest BCUT2D eigenvalue weighted by atomic mass is 9.83. The maximum Gasteiger partial charge on any atom is 0.305 e. The van der Waals surface area contributed by atoms with Crippen molar-refractivity contribution >= 4 is 5.97 Å². The summed E-state index contributed by atoms with van der Waals surface area (Å²) in [7, 11) is 0. The fourth-order valence-corrected chi connectivity index (χ4v) is 2.51. The molecular weight excluding hydrogens is 212 g/mol. The van der Waals surface area contributed by atoms with Crippen LogP contribution < -0.4 is 0 Å². The third kappa shape index (κ3) is 3.32. The molecule has 0 atom stereocenters. The van der Waals surface area contributed by atoms with Gasteiger partial charge in [0, 0.05) is 6.42 Å². The lowest BCUT2D eigenvalue weighted by Gasteiger charge is -2.28. The van der Waals surface area contributed by atoms with E-state index in [-0.39, 0.29) is 12.1 Å². The molecule has 1 aliphatic rings. The first-order valence-corrected chi connectivity index (χ1v) is 6.54. The molecule has 1 saturated carbocycles. The van der Waals surface area contributed by atoms with Crippen LogP contribution in [0.1, 0.15) is 50.5 Å². The minimum Gasteiger partial charge on any atom is -0.462 e. The summed E-state index contributed by atoms with van der Waals surface area (Å²) in [5, 5.41) is 0. The van der Waals surface area contributed by atoms with Crippen molar-refractivity contribution < 1.29 is 9.53 Å². The largest absolute Gasteiger partial charge is 0.462 e. The highest BCUT2D eigenvalue weighted by Gasteiger charge is 2.24. The zero-order chi connectivity index (χ0) is 12.1. The van der Waals surface area contributed by atoms with Gasteiger partial charge in [0.1, 0.15) is 6.10 Å². The molecule has 1 fully saturated rings. The van der Waals surface area contributed by atoms with E-state index in [1.54, 1.807) is 0 Å². The number of hydrogen-bond acceptors (Lipinski definition) is 2. The van der Waals surface area contributed by atoms with Crippen LogP contribution in [-0.4, -0.2) is 12.1 Å². The van der Waals surface area contributed by atoms with Crippen LogP contribution in [0, 0.1) is 0 Å². The van der Waals surface area contributed by atoms with Crippen molar-refractivity contribution in [3.05, 3.63) is 35.9 Å². The SMILES string of the molecule is CCC(=O)OC1CCC(c2ccccc2)CC1. The summed E-state index contributed by atoms with van der Waals surface area (Å²) in [5.41, 5.74) is 1.42. The molecular formula is C15H20O2. The molecule has 2 rings (SSSR count). The molecule has 0 radical (unpaired) electrons. The van der Waals surface area contributed by atoms with Crippen molar-refractivity contribution in [2.24, 2.45) is 0 Å². The number of ether oxygens (including phenoxy) is 1. The summed E-state index contributed by atoms with van der Waals surface area (Å²) in [5.74, 6) is 0.584. The van der Waals surface area contributed by atoms with Crippen LogP contribution in [0.25, 0.3) is 0 Å². The smallest absolute Gasteiger partial charge is 0.305 e. The molecule has 0 saturated heterocycles. The minimum atomic E-state index is -0.0619. The molecule has 92 valence electrons.